The number of aryl methyl sites for hydroxylation is 2. The molecule has 446 valence electrons. The number of rotatable bonds is 51. The summed E-state index contributed by atoms with van der Waals surface area (Å²) in [6.45, 7) is 19.1. The fourth-order valence-electron chi connectivity index (χ4n) is 11.1. The average Bonchev–Trinajstić information content (AvgIpc) is 3.78. The molecular weight excluding hydrogens is 976 g/mol. The quantitative estimate of drug-likeness (QED) is 0.0273. The maximum absolute atomic E-state index is 11.4. The maximum atomic E-state index is 11.4. The molecule has 0 amide bonds. The summed E-state index contributed by atoms with van der Waals surface area (Å²) in [4.78, 5) is 0. The van der Waals surface area contributed by atoms with E-state index < -0.39 is 0 Å². The Bertz CT molecular complexity index is 1550. The van der Waals surface area contributed by atoms with E-state index in [2.05, 4.69) is 103 Å². The predicted octanol–water partition coefficient (Wildman–Crippen LogP) is 26.4. The van der Waals surface area contributed by atoms with Gasteiger partial charge in [-0.05, 0) is 73.9 Å². The van der Waals surface area contributed by atoms with Gasteiger partial charge in [-0.3, -0.25) is 0 Å². The first-order valence-electron chi connectivity index (χ1n) is 34.2. The van der Waals surface area contributed by atoms with Gasteiger partial charge in [0.25, 0.3) is 0 Å². The minimum atomic E-state index is 0. The summed E-state index contributed by atoms with van der Waals surface area (Å²) in [7, 11) is 0. The third kappa shape index (κ3) is 43.4. The maximum Gasteiger partial charge on any atom is 2.00 e. The molecule has 0 radical (unpaired) electrons. The molecule has 2 nitrogen and oxygen atoms in total. The van der Waals surface area contributed by atoms with Crippen LogP contribution in [-0.2, 0) is 29.3 Å². The number of benzene rings is 2. The van der Waals surface area contributed by atoms with E-state index in [1.165, 1.54) is 304 Å². The Morgan fingerprint density at radius 1 is 0.325 bits per heavy atom. The second kappa shape index (κ2) is 58.7. The van der Waals surface area contributed by atoms with Crippen LogP contribution in [-0.4, -0.2) is 4.70 Å². The zero-order chi connectivity index (χ0) is 55.0. The molecule has 77 heavy (non-hydrogen) atoms. The van der Waals surface area contributed by atoms with E-state index in [1.54, 1.807) is 0 Å². The Morgan fingerprint density at radius 3 is 0.909 bits per heavy atom. The van der Waals surface area contributed by atoms with Crippen molar-refractivity contribution >= 4 is 11.4 Å². The molecule has 0 saturated carbocycles. The Labute approximate surface area is 493 Å². The Balaban J connectivity index is 0.00000118. The van der Waals surface area contributed by atoms with Crippen molar-refractivity contribution in [1.82, 2.24) is 0 Å². The summed E-state index contributed by atoms with van der Waals surface area (Å²) in [6.07, 6.45) is 72.5. The molecule has 3 heteroatoms. The summed E-state index contributed by atoms with van der Waals surface area (Å²) in [5, 5.41) is 0. The SMILES string of the molecule is CCCCCCc1cccc(C2=CC(CCCC)=C(c3cccc(CCCCCC)c3)[N+]2=[N-])c1.[CH2-]CCCCCCCCCCCCCCCCCCCC.[CH2-]CCCCCCCCCCCCCCCCCCCC.[Ni+2]. The first-order valence-corrected chi connectivity index (χ1v) is 34.2. The average molecular weight is 1110 g/mol. The molecule has 1 aliphatic heterocycles. The van der Waals surface area contributed by atoms with Crippen LogP contribution in [0, 0.1) is 13.8 Å². The molecule has 1 heterocycles. The first-order chi connectivity index (χ1) is 37.5. The topological polar surface area (TPSA) is 25.3 Å². The van der Waals surface area contributed by atoms with Gasteiger partial charge in [-0.1, -0.05) is 335 Å². The van der Waals surface area contributed by atoms with Crippen LogP contribution in [0.3, 0.4) is 0 Å². The molecule has 0 atom stereocenters. The van der Waals surface area contributed by atoms with Crippen molar-refractivity contribution in [3.8, 4) is 0 Å². The second-order valence-corrected chi connectivity index (χ2v) is 23.6. The van der Waals surface area contributed by atoms with Gasteiger partial charge in [0.2, 0.25) is 11.4 Å². The van der Waals surface area contributed by atoms with Crippen molar-refractivity contribution in [2.24, 2.45) is 0 Å². The second-order valence-electron chi connectivity index (χ2n) is 23.6. The van der Waals surface area contributed by atoms with Crippen LogP contribution in [0.25, 0.3) is 16.9 Å². The standard InChI is InChI=1S/C32H44N2.2C21H43.Ni/c1-4-7-10-12-16-26-18-14-21-28(23-26)31-25-30(20-9-6-3)32(34(31)33)29-22-15-19-27(24-29)17-13-11-8-5-2;2*1-3-5-7-9-11-13-15-17-19-21-20-18-16-14-12-10-8-6-4-2;/h14-15,18-19,21-25H,4-13,16-17,20H2,1-3H3;2*1,3-21H2,2H3;/q;2*-1;+2. The molecule has 0 fully saturated rings. The van der Waals surface area contributed by atoms with E-state index in [0.29, 0.717) is 0 Å². The molecule has 0 unspecified atom stereocenters. The number of allylic oxidation sites excluding steroid dienone is 2. The van der Waals surface area contributed by atoms with Gasteiger partial charge in [0.15, 0.2) is 0 Å². The van der Waals surface area contributed by atoms with Crippen molar-refractivity contribution in [2.45, 2.75) is 362 Å². The van der Waals surface area contributed by atoms with Crippen LogP contribution in [0.5, 0.6) is 0 Å². The minimum absolute atomic E-state index is 0. The summed E-state index contributed by atoms with van der Waals surface area (Å²) in [5.74, 6) is 0. The van der Waals surface area contributed by atoms with E-state index in [0.717, 1.165) is 67.5 Å². The van der Waals surface area contributed by atoms with E-state index in [-0.39, 0.29) is 16.5 Å². The fourth-order valence-corrected chi connectivity index (χ4v) is 11.1. The Morgan fingerprint density at radius 2 is 0.597 bits per heavy atom. The number of hydrogen-bond acceptors (Lipinski definition) is 0. The molecule has 0 spiro atoms. The smallest absolute Gasteiger partial charge is 0.493 e. The molecule has 2 aromatic carbocycles. The van der Waals surface area contributed by atoms with Gasteiger partial charge in [0, 0.05) is 22.8 Å². The zero-order valence-corrected chi connectivity index (χ0v) is 53.4. The van der Waals surface area contributed by atoms with Gasteiger partial charge in [0.05, 0.1) is 0 Å². The van der Waals surface area contributed by atoms with Gasteiger partial charge >= 0.3 is 16.5 Å². The van der Waals surface area contributed by atoms with Gasteiger partial charge in [0.1, 0.15) is 0 Å². The molecular formula is C74H130N2Ni. The van der Waals surface area contributed by atoms with Crippen LogP contribution in [0.4, 0.5) is 0 Å². The van der Waals surface area contributed by atoms with Crippen molar-refractivity contribution in [3.05, 3.63) is 102 Å². The van der Waals surface area contributed by atoms with Crippen LogP contribution in [0.15, 0.2) is 60.2 Å². The zero-order valence-electron chi connectivity index (χ0n) is 52.4. The number of unbranched alkanes of at least 4 members (excludes halogenated alkanes) is 43. The third-order valence-electron chi connectivity index (χ3n) is 16.1. The third-order valence-corrected chi connectivity index (χ3v) is 16.1. The molecule has 0 bridgehead atoms. The summed E-state index contributed by atoms with van der Waals surface area (Å²) < 4.78 is 1.46. The fraction of sp³-hybridized carbons (Fsp3) is 0.757. The van der Waals surface area contributed by atoms with Crippen molar-refractivity contribution < 1.29 is 21.2 Å². The molecule has 0 aliphatic carbocycles. The van der Waals surface area contributed by atoms with Crippen LogP contribution in [0.2, 0.25) is 0 Å². The monoisotopic (exact) mass is 1100 g/mol. The van der Waals surface area contributed by atoms with E-state index >= 15 is 0 Å². The molecule has 0 saturated heterocycles. The molecule has 3 rings (SSSR count). The van der Waals surface area contributed by atoms with Crippen LogP contribution >= 0.6 is 0 Å². The Kier molecular flexibility index (Phi) is 57.1. The van der Waals surface area contributed by atoms with Gasteiger partial charge < -0.3 is 19.4 Å². The number of nitrogens with zero attached hydrogens (tertiary/aromatic N) is 2. The summed E-state index contributed by atoms with van der Waals surface area (Å²) in [5.41, 5.74) is 19.5. The molecule has 0 aromatic heterocycles. The van der Waals surface area contributed by atoms with Crippen molar-refractivity contribution in [3.63, 3.8) is 0 Å². The van der Waals surface area contributed by atoms with Gasteiger partial charge in [-0.25, -0.2) is 4.70 Å². The minimum Gasteiger partial charge on any atom is -0.493 e. The first kappa shape index (κ1) is 75.0. The van der Waals surface area contributed by atoms with Crippen molar-refractivity contribution in [2.75, 3.05) is 0 Å². The summed E-state index contributed by atoms with van der Waals surface area (Å²) in [6, 6.07) is 17.6. The molecule has 2 aromatic rings. The van der Waals surface area contributed by atoms with Crippen LogP contribution < -0.4 is 0 Å². The van der Waals surface area contributed by atoms with E-state index in [9.17, 15) is 5.53 Å². The summed E-state index contributed by atoms with van der Waals surface area (Å²) >= 11 is 0. The number of hydrogen-bond donors (Lipinski definition) is 0. The van der Waals surface area contributed by atoms with E-state index in [1.807, 2.05) is 0 Å². The normalized spacial score (nSPS) is 12.1. The van der Waals surface area contributed by atoms with Gasteiger partial charge in [-0.2, -0.15) is 12.8 Å². The van der Waals surface area contributed by atoms with Crippen molar-refractivity contribution in [1.29, 1.82) is 0 Å². The predicted molar refractivity (Wildman–Crippen MR) is 344 cm³/mol. The van der Waals surface area contributed by atoms with E-state index in [4.69, 9.17) is 0 Å². The largest absolute Gasteiger partial charge is 2.00 e. The molecule has 0 N–H and O–H groups in total. The van der Waals surface area contributed by atoms with Crippen LogP contribution in [0.1, 0.15) is 371 Å². The van der Waals surface area contributed by atoms with Gasteiger partial charge in [-0.15, -0.1) is 0 Å². The molecule has 1 aliphatic rings. The Hall–Kier alpha value is -1.99.